The lowest BCUT2D eigenvalue weighted by atomic mass is 9.92. The topological polar surface area (TPSA) is 69.6 Å². The predicted molar refractivity (Wildman–Crippen MR) is 115 cm³/mol. The van der Waals surface area contributed by atoms with E-state index in [0.29, 0.717) is 0 Å². The van der Waals surface area contributed by atoms with Crippen LogP contribution in [0.5, 0.6) is 0 Å². The Morgan fingerprint density at radius 2 is 1.59 bits per heavy atom. The van der Waals surface area contributed by atoms with E-state index in [4.69, 9.17) is 0 Å². The number of fused-ring (bicyclic) bond motifs is 1. The number of piperazine rings is 1. The van der Waals surface area contributed by atoms with E-state index in [1.54, 1.807) is 31.1 Å². The van der Waals surface area contributed by atoms with E-state index in [1.807, 2.05) is 6.07 Å². The van der Waals surface area contributed by atoms with Crippen molar-refractivity contribution in [3.8, 4) is 0 Å². The van der Waals surface area contributed by atoms with Gasteiger partial charge in [0.15, 0.2) is 5.69 Å². The Balaban J connectivity index is 1.52. The third-order valence-corrected chi connectivity index (χ3v) is 7.82. The van der Waals surface area contributed by atoms with E-state index < -0.39 is 21.9 Å². The smallest absolute Gasteiger partial charge is 0.363 e. The van der Waals surface area contributed by atoms with Gasteiger partial charge in [-0.05, 0) is 48.9 Å². The van der Waals surface area contributed by atoms with Crippen molar-refractivity contribution < 1.29 is 21.6 Å². The standard InChI is InChI=1S/C21H26F3N5O2S/c1-27(2)19-14-18(21(22,23)24)25-20(26-19)28-9-11-29(12-10-28)32(30,31)17-8-7-15-5-3-4-6-16(15)13-17/h7-8,13-14H,3-6,9-12H2,1-2H3. The lowest BCUT2D eigenvalue weighted by Crippen LogP contribution is -2.49. The van der Waals surface area contributed by atoms with E-state index in [-0.39, 0.29) is 42.8 Å². The maximum Gasteiger partial charge on any atom is 0.433 e. The fourth-order valence-corrected chi connectivity index (χ4v) is 5.56. The summed E-state index contributed by atoms with van der Waals surface area (Å²) in [6.07, 6.45) is -0.566. The molecule has 1 aromatic heterocycles. The molecule has 7 nitrogen and oxygen atoms in total. The molecule has 0 atom stereocenters. The van der Waals surface area contributed by atoms with Crippen LogP contribution in [0.25, 0.3) is 0 Å². The van der Waals surface area contributed by atoms with E-state index in [2.05, 4.69) is 9.97 Å². The molecule has 4 rings (SSSR count). The number of nitrogens with zero attached hydrogens (tertiary/aromatic N) is 5. The average molecular weight is 470 g/mol. The number of rotatable bonds is 4. The molecule has 0 spiro atoms. The Kier molecular flexibility index (Phi) is 6.06. The Morgan fingerprint density at radius 3 is 2.22 bits per heavy atom. The molecule has 11 heteroatoms. The summed E-state index contributed by atoms with van der Waals surface area (Å²) in [4.78, 5) is 11.3. The lowest BCUT2D eigenvalue weighted by molar-refractivity contribution is -0.141. The monoisotopic (exact) mass is 469 g/mol. The van der Waals surface area contributed by atoms with Crippen molar-refractivity contribution in [1.82, 2.24) is 14.3 Å². The van der Waals surface area contributed by atoms with Gasteiger partial charge in [-0.25, -0.2) is 13.4 Å². The first kappa shape index (κ1) is 22.8. The number of anilines is 2. The van der Waals surface area contributed by atoms with Gasteiger partial charge in [0.2, 0.25) is 16.0 Å². The van der Waals surface area contributed by atoms with Crippen molar-refractivity contribution in [2.45, 2.75) is 36.8 Å². The maximum atomic E-state index is 13.3. The van der Waals surface area contributed by atoms with Gasteiger partial charge in [-0.3, -0.25) is 0 Å². The van der Waals surface area contributed by atoms with E-state index >= 15 is 0 Å². The summed E-state index contributed by atoms with van der Waals surface area (Å²) in [5.41, 5.74) is 1.28. The number of benzene rings is 1. The summed E-state index contributed by atoms with van der Waals surface area (Å²) in [5.74, 6) is 0.0980. The summed E-state index contributed by atoms with van der Waals surface area (Å²) in [6.45, 7) is 0.712. The molecule has 1 aliphatic heterocycles. The Labute approximate surface area is 185 Å². The van der Waals surface area contributed by atoms with Crippen LogP contribution in [-0.4, -0.2) is 63.0 Å². The van der Waals surface area contributed by atoms with E-state index in [1.165, 1.54) is 14.8 Å². The molecule has 0 saturated carbocycles. The number of alkyl halides is 3. The van der Waals surface area contributed by atoms with Gasteiger partial charge in [0, 0.05) is 46.3 Å². The zero-order valence-electron chi connectivity index (χ0n) is 18.1. The van der Waals surface area contributed by atoms with Crippen LogP contribution in [-0.2, 0) is 29.0 Å². The van der Waals surface area contributed by atoms with Crippen LogP contribution >= 0.6 is 0 Å². The number of aryl methyl sites for hydroxylation is 2. The second kappa shape index (κ2) is 8.51. The number of hydrogen-bond acceptors (Lipinski definition) is 6. The molecule has 2 aliphatic rings. The molecule has 1 aliphatic carbocycles. The molecule has 0 N–H and O–H groups in total. The molecule has 0 unspecified atom stereocenters. The summed E-state index contributed by atoms with van der Waals surface area (Å²) in [5, 5.41) is 0. The highest BCUT2D eigenvalue weighted by molar-refractivity contribution is 7.89. The highest BCUT2D eigenvalue weighted by Gasteiger charge is 2.35. The average Bonchev–Trinajstić information content (AvgIpc) is 2.78. The minimum absolute atomic E-state index is 0.0469. The van der Waals surface area contributed by atoms with Gasteiger partial charge in [-0.1, -0.05) is 6.07 Å². The zero-order valence-corrected chi connectivity index (χ0v) is 18.9. The molecular weight excluding hydrogens is 443 g/mol. The molecule has 174 valence electrons. The fourth-order valence-electron chi connectivity index (χ4n) is 4.09. The Hall–Kier alpha value is -2.40. The number of aromatic nitrogens is 2. The Bertz CT molecular complexity index is 1100. The molecule has 2 heterocycles. The first-order valence-electron chi connectivity index (χ1n) is 10.6. The summed E-state index contributed by atoms with van der Waals surface area (Å²) >= 11 is 0. The summed E-state index contributed by atoms with van der Waals surface area (Å²) in [7, 11) is -0.463. The van der Waals surface area contributed by atoms with Gasteiger partial charge in [0.05, 0.1) is 4.90 Å². The summed E-state index contributed by atoms with van der Waals surface area (Å²) < 4.78 is 67.6. The molecule has 1 aromatic carbocycles. The second-order valence-corrected chi connectivity index (χ2v) is 10.3. The maximum absolute atomic E-state index is 13.3. The van der Waals surface area contributed by atoms with Crippen molar-refractivity contribution in [1.29, 1.82) is 0 Å². The normalized spacial score (nSPS) is 17.8. The quantitative estimate of drug-likeness (QED) is 0.686. The largest absolute Gasteiger partial charge is 0.433 e. The van der Waals surface area contributed by atoms with Gasteiger partial charge < -0.3 is 9.80 Å². The van der Waals surface area contributed by atoms with Crippen molar-refractivity contribution >= 4 is 21.8 Å². The predicted octanol–water partition coefficient (Wildman–Crippen LogP) is 2.95. The Morgan fingerprint density at radius 1 is 0.938 bits per heavy atom. The zero-order chi connectivity index (χ0) is 23.1. The van der Waals surface area contributed by atoms with Crippen molar-refractivity contribution in [2.75, 3.05) is 50.1 Å². The minimum Gasteiger partial charge on any atom is -0.363 e. The molecule has 2 aromatic rings. The highest BCUT2D eigenvalue weighted by Crippen LogP contribution is 2.31. The lowest BCUT2D eigenvalue weighted by Gasteiger charge is -2.34. The van der Waals surface area contributed by atoms with Crippen LogP contribution in [0.4, 0.5) is 24.9 Å². The van der Waals surface area contributed by atoms with Crippen LogP contribution < -0.4 is 9.80 Å². The highest BCUT2D eigenvalue weighted by atomic mass is 32.2. The number of halogens is 3. The molecule has 0 amide bonds. The van der Waals surface area contributed by atoms with Crippen LogP contribution in [0.3, 0.4) is 0 Å². The van der Waals surface area contributed by atoms with Gasteiger partial charge in [-0.2, -0.15) is 22.5 Å². The SMILES string of the molecule is CN(C)c1cc(C(F)(F)F)nc(N2CCN(S(=O)(=O)c3ccc4c(c3)CCCC4)CC2)n1. The minimum atomic E-state index is -4.60. The van der Waals surface area contributed by atoms with Crippen LogP contribution in [0.15, 0.2) is 29.2 Å². The molecule has 0 radical (unpaired) electrons. The van der Waals surface area contributed by atoms with Crippen molar-refractivity contribution in [3.63, 3.8) is 0 Å². The molecule has 1 saturated heterocycles. The van der Waals surface area contributed by atoms with E-state index in [9.17, 15) is 21.6 Å². The molecular formula is C21H26F3N5O2S. The summed E-state index contributed by atoms with van der Waals surface area (Å²) in [6, 6.07) is 6.23. The van der Waals surface area contributed by atoms with E-state index in [0.717, 1.165) is 37.3 Å². The molecule has 32 heavy (non-hydrogen) atoms. The first-order chi connectivity index (χ1) is 15.1. The van der Waals surface area contributed by atoms with Crippen molar-refractivity contribution in [3.05, 3.63) is 41.1 Å². The first-order valence-corrected chi connectivity index (χ1v) is 12.0. The second-order valence-electron chi connectivity index (χ2n) is 8.33. The van der Waals surface area contributed by atoms with Crippen LogP contribution in [0, 0.1) is 0 Å². The van der Waals surface area contributed by atoms with Crippen LogP contribution in [0.2, 0.25) is 0 Å². The number of hydrogen-bond donors (Lipinski definition) is 0. The third-order valence-electron chi connectivity index (χ3n) is 5.93. The third kappa shape index (κ3) is 4.54. The molecule has 0 bridgehead atoms. The van der Waals surface area contributed by atoms with Crippen LogP contribution in [0.1, 0.15) is 29.7 Å². The van der Waals surface area contributed by atoms with Gasteiger partial charge in [0.25, 0.3) is 0 Å². The fraction of sp³-hybridized carbons (Fsp3) is 0.524. The van der Waals surface area contributed by atoms with Gasteiger partial charge >= 0.3 is 6.18 Å². The van der Waals surface area contributed by atoms with Gasteiger partial charge in [0.1, 0.15) is 5.82 Å². The van der Waals surface area contributed by atoms with Crippen molar-refractivity contribution in [2.24, 2.45) is 0 Å². The molecule has 1 fully saturated rings. The van der Waals surface area contributed by atoms with Gasteiger partial charge in [-0.15, -0.1) is 0 Å². The number of sulfonamides is 1.